The number of sulfonamides is 1. The van der Waals surface area contributed by atoms with Crippen molar-refractivity contribution in [3.05, 3.63) is 23.8 Å². The van der Waals surface area contributed by atoms with Gasteiger partial charge in [0.05, 0.1) is 11.5 Å². The van der Waals surface area contributed by atoms with E-state index in [0.29, 0.717) is 24.6 Å². The molecule has 0 atom stereocenters. The average molecular weight is 340 g/mol. The van der Waals surface area contributed by atoms with E-state index in [2.05, 4.69) is 27.7 Å². The van der Waals surface area contributed by atoms with Crippen molar-refractivity contribution in [3.63, 3.8) is 0 Å². The fraction of sp³-hybridized carbons (Fsp3) is 0.667. The van der Waals surface area contributed by atoms with Crippen LogP contribution >= 0.6 is 0 Å². The Kier molecular flexibility index (Phi) is 5.74. The fourth-order valence-corrected chi connectivity index (χ4v) is 4.33. The van der Waals surface area contributed by atoms with Crippen LogP contribution < -0.4 is 4.74 Å². The summed E-state index contributed by atoms with van der Waals surface area (Å²) < 4.78 is 33.0. The van der Waals surface area contributed by atoms with Crippen LogP contribution in [0.2, 0.25) is 0 Å². The summed E-state index contributed by atoms with van der Waals surface area (Å²) in [6.45, 7) is 10.3. The summed E-state index contributed by atoms with van der Waals surface area (Å²) in [6, 6.07) is 5.30. The molecule has 0 aromatic heterocycles. The average Bonchev–Trinajstić information content (AvgIpc) is 3.01. The van der Waals surface area contributed by atoms with Crippen LogP contribution in [0.15, 0.2) is 23.1 Å². The van der Waals surface area contributed by atoms with E-state index in [1.807, 2.05) is 6.07 Å². The summed E-state index contributed by atoms with van der Waals surface area (Å²) in [5.41, 5.74) is 0.784. The van der Waals surface area contributed by atoms with Crippen molar-refractivity contribution in [1.29, 1.82) is 0 Å². The maximum absolute atomic E-state index is 12.8. The van der Waals surface area contributed by atoms with E-state index in [0.717, 1.165) is 37.0 Å². The Labute approximate surface area is 140 Å². The van der Waals surface area contributed by atoms with Crippen LogP contribution in [0.5, 0.6) is 5.75 Å². The van der Waals surface area contributed by atoms with Crippen molar-refractivity contribution < 1.29 is 13.2 Å². The van der Waals surface area contributed by atoms with E-state index in [1.165, 1.54) is 0 Å². The van der Waals surface area contributed by atoms with Gasteiger partial charge in [0.2, 0.25) is 10.0 Å². The Morgan fingerprint density at radius 3 is 2.39 bits per heavy atom. The number of benzene rings is 1. The number of rotatable bonds is 6. The Hall–Kier alpha value is -1.07. The van der Waals surface area contributed by atoms with Gasteiger partial charge >= 0.3 is 0 Å². The smallest absolute Gasteiger partial charge is 0.243 e. The minimum absolute atomic E-state index is 0.169. The zero-order valence-corrected chi connectivity index (χ0v) is 15.6. The van der Waals surface area contributed by atoms with Crippen LogP contribution in [0, 0.1) is 0 Å². The summed E-state index contributed by atoms with van der Waals surface area (Å²) in [6.07, 6.45) is 3.97. The first kappa shape index (κ1) is 18.3. The lowest BCUT2D eigenvalue weighted by atomic mass is 9.86. The summed E-state index contributed by atoms with van der Waals surface area (Å²) in [4.78, 5) is 0.382. The highest BCUT2D eigenvalue weighted by Gasteiger charge is 2.29. The molecular formula is C18H29NO3S. The van der Waals surface area contributed by atoms with Gasteiger partial charge in [-0.2, -0.15) is 4.31 Å². The highest BCUT2D eigenvalue weighted by molar-refractivity contribution is 7.89. The van der Waals surface area contributed by atoms with Crippen molar-refractivity contribution in [2.75, 3.05) is 19.7 Å². The summed E-state index contributed by atoms with van der Waals surface area (Å²) in [5, 5.41) is 0. The van der Waals surface area contributed by atoms with E-state index in [1.54, 1.807) is 16.4 Å². The van der Waals surface area contributed by atoms with Crippen LogP contribution in [-0.4, -0.2) is 32.4 Å². The molecule has 1 aromatic rings. The third kappa shape index (κ3) is 4.27. The molecule has 1 aliphatic rings. The van der Waals surface area contributed by atoms with Crippen LogP contribution in [0.25, 0.3) is 0 Å². The minimum Gasteiger partial charge on any atom is -0.493 e. The van der Waals surface area contributed by atoms with Gasteiger partial charge in [-0.25, -0.2) is 8.42 Å². The molecule has 0 bridgehead atoms. The van der Waals surface area contributed by atoms with E-state index in [4.69, 9.17) is 4.74 Å². The number of hydrogen-bond donors (Lipinski definition) is 0. The molecule has 0 aliphatic carbocycles. The lowest BCUT2D eigenvalue weighted by molar-refractivity contribution is 0.301. The third-order valence-electron chi connectivity index (χ3n) is 4.22. The molecule has 0 unspecified atom stereocenters. The molecule has 5 heteroatoms. The number of nitrogens with zero attached hydrogens (tertiary/aromatic N) is 1. The molecule has 1 aliphatic heterocycles. The van der Waals surface area contributed by atoms with Crippen LogP contribution in [0.3, 0.4) is 0 Å². The maximum atomic E-state index is 12.8. The standard InChI is InChI=1S/C18H29NO3S/c1-5-6-13-22-17-10-9-15(14-16(17)18(2,3)4)23(20,21)19-11-7-8-12-19/h9-10,14H,5-8,11-13H2,1-4H3. The second kappa shape index (κ2) is 7.22. The van der Waals surface area contributed by atoms with Crippen LogP contribution in [0.1, 0.15) is 58.9 Å². The molecule has 2 rings (SSSR count). The molecule has 130 valence electrons. The first-order valence-corrected chi connectivity index (χ1v) is 9.98. The van der Waals surface area contributed by atoms with E-state index in [9.17, 15) is 8.42 Å². The van der Waals surface area contributed by atoms with E-state index >= 15 is 0 Å². The summed E-state index contributed by atoms with van der Waals surface area (Å²) >= 11 is 0. The quantitative estimate of drug-likeness (QED) is 0.737. The number of hydrogen-bond acceptors (Lipinski definition) is 3. The third-order valence-corrected chi connectivity index (χ3v) is 6.11. The van der Waals surface area contributed by atoms with Gasteiger partial charge in [0.25, 0.3) is 0 Å². The molecule has 23 heavy (non-hydrogen) atoms. The van der Waals surface area contributed by atoms with Crippen molar-refractivity contribution in [2.24, 2.45) is 0 Å². The topological polar surface area (TPSA) is 46.6 Å². The van der Waals surface area contributed by atoms with Crippen molar-refractivity contribution in [2.45, 2.75) is 63.7 Å². The highest BCUT2D eigenvalue weighted by atomic mass is 32.2. The zero-order chi connectivity index (χ0) is 17.1. The van der Waals surface area contributed by atoms with Gasteiger partial charge in [0, 0.05) is 18.7 Å². The normalized spacial score (nSPS) is 16.7. The molecule has 0 saturated carbocycles. The number of unbranched alkanes of at least 4 members (excludes halogenated alkanes) is 1. The molecule has 4 nitrogen and oxygen atoms in total. The predicted octanol–water partition coefficient (Wildman–Crippen LogP) is 3.95. The summed E-state index contributed by atoms with van der Waals surface area (Å²) in [5.74, 6) is 0.798. The van der Waals surface area contributed by atoms with Crippen LogP contribution in [-0.2, 0) is 15.4 Å². The monoisotopic (exact) mass is 339 g/mol. The van der Waals surface area contributed by atoms with Crippen molar-refractivity contribution in [1.82, 2.24) is 4.31 Å². The Balaban J connectivity index is 2.36. The molecule has 0 radical (unpaired) electrons. The van der Waals surface area contributed by atoms with Gasteiger partial charge in [-0.1, -0.05) is 34.1 Å². The van der Waals surface area contributed by atoms with E-state index in [-0.39, 0.29) is 5.41 Å². The molecule has 0 amide bonds. The van der Waals surface area contributed by atoms with Gasteiger partial charge in [-0.15, -0.1) is 0 Å². The predicted molar refractivity (Wildman–Crippen MR) is 93.5 cm³/mol. The second-order valence-corrected chi connectivity index (χ2v) is 9.16. The minimum atomic E-state index is -3.39. The molecular weight excluding hydrogens is 310 g/mol. The first-order chi connectivity index (χ1) is 10.8. The van der Waals surface area contributed by atoms with Crippen molar-refractivity contribution in [3.8, 4) is 5.75 Å². The fourth-order valence-electron chi connectivity index (χ4n) is 2.79. The lowest BCUT2D eigenvalue weighted by Crippen LogP contribution is -2.28. The van der Waals surface area contributed by atoms with Crippen LogP contribution in [0.4, 0.5) is 0 Å². The lowest BCUT2D eigenvalue weighted by Gasteiger charge is -2.24. The Bertz CT molecular complexity index is 626. The molecule has 0 spiro atoms. The van der Waals surface area contributed by atoms with Gasteiger partial charge in [0.1, 0.15) is 5.75 Å². The van der Waals surface area contributed by atoms with Gasteiger partial charge in [-0.05, 0) is 42.9 Å². The zero-order valence-electron chi connectivity index (χ0n) is 14.8. The molecule has 1 heterocycles. The van der Waals surface area contributed by atoms with E-state index < -0.39 is 10.0 Å². The molecule has 1 saturated heterocycles. The molecule has 1 fully saturated rings. The highest BCUT2D eigenvalue weighted by Crippen LogP contribution is 2.34. The van der Waals surface area contributed by atoms with Gasteiger partial charge < -0.3 is 4.74 Å². The molecule has 1 aromatic carbocycles. The summed E-state index contributed by atoms with van der Waals surface area (Å²) in [7, 11) is -3.39. The van der Waals surface area contributed by atoms with Gasteiger partial charge in [0.15, 0.2) is 0 Å². The number of ether oxygens (including phenoxy) is 1. The Morgan fingerprint density at radius 2 is 1.83 bits per heavy atom. The second-order valence-electron chi connectivity index (χ2n) is 7.22. The van der Waals surface area contributed by atoms with Gasteiger partial charge in [-0.3, -0.25) is 0 Å². The molecule has 0 N–H and O–H groups in total. The first-order valence-electron chi connectivity index (χ1n) is 8.54. The largest absolute Gasteiger partial charge is 0.493 e. The van der Waals surface area contributed by atoms with Crippen molar-refractivity contribution >= 4 is 10.0 Å². The Morgan fingerprint density at radius 1 is 1.17 bits per heavy atom. The SMILES string of the molecule is CCCCOc1ccc(S(=O)(=O)N2CCCC2)cc1C(C)(C)C. The maximum Gasteiger partial charge on any atom is 0.243 e.